The summed E-state index contributed by atoms with van der Waals surface area (Å²) < 4.78 is 0.460. The molecule has 144 valence electrons. The average Bonchev–Trinajstić information content (AvgIpc) is 3.28. The third kappa shape index (κ3) is 5.05. The summed E-state index contributed by atoms with van der Waals surface area (Å²) in [4.78, 5) is 34.5. The summed E-state index contributed by atoms with van der Waals surface area (Å²) in [6.45, 7) is 1.78. The van der Waals surface area contributed by atoms with Crippen LogP contribution in [-0.2, 0) is 4.79 Å². The molecule has 0 aliphatic heterocycles. The lowest BCUT2D eigenvalue weighted by Crippen LogP contribution is -2.13. The Morgan fingerprint density at radius 1 is 1.11 bits per heavy atom. The van der Waals surface area contributed by atoms with Crippen molar-refractivity contribution in [2.45, 2.75) is 11.3 Å². The van der Waals surface area contributed by atoms with Gasteiger partial charge in [0.05, 0.1) is 10.7 Å². The van der Waals surface area contributed by atoms with Crippen LogP contribution in [0, 0.1) is 17.0 Å². The second-order valence-electron chi connectivity index (χ2n) is 5.06. The zero-order valence-electron chi connectivity index (χ0n) is 14.1. The van der Waals surface area contributed by atoms with E-state index in [1.807, 2.05) is 0 Å². The van der Waals surface area contributed by atoms with Crippen molar-refractivity contribution in [1.29, 1.82) is 0 Å². The number of carbonyl (C=O) groups is 2. The highest BCUT2D eigenvalue weighted by Crippen LogP contribution is 2.27. The van der Waals surface area contributed by atoms with Crippen LogP contribution in [0.2, 0.25) is 0 Å². The molecule has 28 heavy (non-hydrogen) atoms. The number of thioether (sulfide) groups is 1. The molecule has 11 nitrogen and oxygen atoms in total. The minimum atomic E-state index is -0.663. The number of aryl methyl sites for hydroxylation is 1. The largest absolute Gasteiger partial charge is 0.300 e. The van der Waals surface area contributed by atoms with Crippen molar-refractivity contribution in [2.24, 2.45) is 0 Å². The van der Waals surface area contributed by atoms with Crippen molar-refractivity contribution in [3.8, 4) is 0 Å². The van der Waals surface area contributed by atoms with Gasteiger partial charge in [-0.1, -0.05) is 46.6 Å². The van der Waals surface area contributed by atoms with Crippen LogP contribution < -0.4 is 10.6 Å². The summed E-state index contributed by atoms with van der Waals surface area (Å²) in [6, 6.07) is 5.60. The zero-order valence-corrected chi connectivity index (χ0v) is 16.6. The van der Waals surface area contributed by atoms with Crippen LogP contribution in [0.15, 0.2) is 28.6 Å². The van der Waals surface area contributed by atoms with E-state index in [0.717, 1.165) is 28.1 Å². The maximum atomic E-state index is 12.3. The van der Waals surface area contributed by atoms with Gasteiger partial charge in [-0.05, 0) is 13.0 Å². The number of carbonyl (C=O) groups excluding carboxylic acids is 2. The highest BCUT2D eigenvalue weighted by molar-refractivity contribution is 8.01. The number of anilines is 2. The predicted molar refractivity (Wildman–Crippen MR) is 105 cm³/mol. The quantitative estimate of drug-likeness (QED) is 0.246. The number of rotatable bonds is 7. The molecule has 2 heterocycles. The van der Waals surface area contributed by atoms with Crippen molar-refractivity contribution in [3.05, 3.63) is 45.0 Å². The summed E-state index contributed by atoms with van der Waals surface area (Å²) in [5.74, 6) is -0.864. The standard InChI is InChI=1S/C14H11N7O4S3/c1-7-17-18-12(27-7)15-10(22)6-26-14-20-19-13(28-14)16-11(23)8-4-2-3-5-9(8)21(24)25/h2-5H,6H2,1H3,(H,15,18,22)(H,16,19,23). The fourth-order valence-electron chi connectivity index (χ4n) is 1.94. The molecular formula is C14H11N7O4S3. The predicted octanol–water partition coefficient (Wildman–Crippen LogP) is 2.59. The van der Waals surface area contributed by atoms with Crippen LogP contribution in [0.5, 0.6) is 0 Å². The molecular weight excluding hydrogens is 426 g/mol. The Morgan fingerprint density at radius 3 is 2.54 bits per heavy atom. The SMILES string of the molecule is Cc1nnc(NC(=O)CSc2nnc(NC(=O)c3ccccc3[N+](=O)[O-])s2)s1. The number of amides is 2. The van der Waals surface area contributed by atoms with Gasteiger partial charge in [-0.3, -0.25) is 30.3 Å². The Hall–Kier alpha value is -2.97. The monoisotopic (exact) mass is 437 g/mol. The summed E-state index contributed by atoms with van der Waals surface area (Å²) in [5, 5.41) is 32.7. The van der Waals surface area contributed by atoms with Gasteiger partial charge in [-0.15, -0.1) is 20.4 Å². The van der Waals surface area contributed by atoms with Crippen molar-refractivity contribution >= 4 is 62.2 Å². The topological polar surface area (TPSA) is 153 Å². The van der Waals surface area contributed by atoms with E-state index in [9.17, 15) is 19.7 Å². The Balaban J connectivity index is 1.56. The maximum Gasteiger partial charge on any atom is 0.282 e. The number of benzene rings is 1. The Bertz CT molecular complexity index is 1040. The smallest absolute Gasteiger partial charge is 0.282 e. The van der Waals surface area contributed by atoms with Crippen LogP contribution in [0.1, 0.15) is 15.4 Å². The first-order chi connectivity index (χ1) is 13.4. The van der Waals surface area contributed by atoms with Gasteiger partial charge >= 0.3 is 0 Å². The first-order valence-corrected chi connectivity index (χ1v) is 10.2. The van der Waals surface area contributed by atoms with E-state index in [2.05, 4.69) is 31.0 Å². The third-order valence-electron chi connectivity index (χ3n) is 3.07. The second kappa shape index (κ2) is 8.81. The van der Waals surface area contributed by atoms with Gasteiger partial charge in [0.1, 0.15) is 10.6 Å². The van der Waals surface area contributed by atoms with E-state index in [1.165, 1.54) is 35.6 Å². The number of hydrogen-bond acceptors (Lipinski definition) is 11. The van der Waals surface area contributed by atoms with Crippen molar-refractivity contribution in [1.82, 2.24) is 20.4 Å². The maximum absolute atomic E-state index is 12.3. The van der Waals surface area contributed by atoms with Crippen LogP contribution in [0.4, 0.5) is 16.0 Å². The molecule has 3 aromatic rings. The number of nitrogens with one attached hydrogen (secondary N) is 2. The molecule has 0 saturated carbocycles. The van der Waals surface area contributed by atoms with Crippen LogP contribution >= 0.6 is 34.4 Å². The van der Waals surface area contributed by atoms with E-state index < -0.39 is 10.8 Å². The van der Waals surface area contributed by atoms with Gasteiger partial charge in [0.25, 0.3) is 11.6 Å². The molecule has 0 atom stereocenters. The lowest BCUT2D eigenvalue weighted by Gasteiger charge is -2.01. The number of nitrogens with zero attached hydrogens (tertiary/aromatic N) is 5. The molecule has 0 aliphatic carbocycles. The molecule has 1 aromatic carbocycles. The number of nitro groups is 1. The van der Waals surface area contributed by atoms with Crippen molar-refractivity contribution in [3.63, 3.8) is 0 Å². The number of hydrogen-bond donors (Lipinski definition) is 2. The van der Waals surface area contributed by atoms with E-state index >= 15 is 0 Å². The molecule has 3 rings (SSSR count). The van der Waals surface area contributed by atoms with Crippen molar-refractivity contribution < 1.29 is 14.5 Å². The third-order valence-corrected chi connectivity index (χ3v) is 5.80. The Labute approximate surface area is 169 Å². The van der Waals surface area contributed by atoms with E-state index in [0.29, 0.717) is 9.47 Å². The average molecular weight is 437 g/mol. The minimum absolute atomic E-state index is 0.0748. The molecule has 2 aromatic heterocycles. The van der Waals surface area contributed by atoms with Gasteiger partial charge in [-0.2, -0.15) is 0 Å². The van der Waals surface area contributed by atoms with Gasteiger partial charge in [0.2, 0.25) is 16.2 Å². The molecule has 0 aliphatic rings. The molecule has 2 amide bonds. The highest BCUT2D eigenvalue weighted by Gasteiger charge is 2.20. The number of para-hydroxylation sites is 1. The van der Waals surface area contributed by atoms with E-state index in [1.54, 1.807) is 6.92 Å². The van der Waals surface area contributed by atoms with Gasteiger partial charge in [0, 0.05) is 6.07 Å². The normalized spacial score (nSPS) is 10.5. The minimum Gasteiger partial charge on any atom is -0.300 e. The molecule has 0 unspecified atom stereocenters. The zero-order chi connectivity index (χ0) is 20.1. The molecule has 0 radical (unpaired) electrons. The van der Waals surface area contributed by atoms with Gasteiger partial charge in [0.15, 0.2) is 4.34 Å². The first-order valence-electron chi connectivity index (χ1n) is 7.53. The highest BCUT2D eigenvalue weighted by atomic mass is 32.2. The molecule has 14 heteroatoms. The van der Waals surface area contributed by atoms with Crippen molar-refractivity contribution in [2.75, 3.05) is 16.4 Å². The fraction of sp³-hybridized carbons (Fsp3) is 0.143. The van der Waals surface area contributed by atoms with Gasteiger partial charge in [-0.25, -0.2) is 0 Å². The van der Waals surface area contributed by atoms with E-state index in [4.69, 9.17) is 0 Å². The molecule has 0 bridgehead atoms. The summed E-state index contributed by atoms with van der Waals surface area (Å²) in [6.07, 6.45) is 0. The molecule has 0 spiro atoms. The van der Waals surface area contributed by atoms with Crippen LogP contribution in [0.25, 0.3) is 0 Å². The Kier molecular flexibility index (Phi) is 6.23. The summed E-state index contributed by atoms with van der Waals surface area (Å²) in [7, 11) is 0. The summed E-state index contributed by atoms with van der Waals surface area (Å²) >= 11 is 3.46. The molecule has 0 saturated heterocycles. The fourth-order valence-corrected chi connectivity index (χ4v) is 4.09. The Morgan fingerprint density at radius 2 is 1.82 bits per heavy atom. The molecule has 2 N–H and O–H groups in total. The second-order valence-corrected chi connectivity index (χ2v) is 8.45. The molecule has 0 fully saturated rings. The van der Waals surface area contributed by atoms with Crippen LogP contribution in [0.3, 0.4) is 0 Å². The lowest BCUT2D eigenvalue weighted by molar-refractivity contribution is -0.385. The lowest BCUT2D eigenvalue weighted by atomic mass is 10.1. The number of aromatic nitrogens is 4. The number of nitro benzene ring substituents is 1. The summed E-state index contributed by atoms with van der Waals surface area (Å²) in [5.41, 5.74) is -0.383. The van der Waals surface area contributed by atoms with Crippen LogP contribution in [-0.4, -0.2) is 42.9 Å². The first kappa shape index (κ1) is 19.8. The van der Waals surface area contributed by atoms with Gasteiger partial charge < -0.3 is 0 Å². The van der Waals surface area contributed by atoms with E-state index in [-0.39, 0.29) is 28.0 Å².